The Labute approximate surface area is 172 Å². The number of carbonyl (C=O) groups excluding carboxylic acids is 1. The second-order valence-electron chi connectivity index (χ2n) is 8.47. The summed E-state index contributed by atoms with van der Waals surface area (Å²) in [6.45, 7) is 5.18. The van der Waals surface area contributed by atoms with E-state index in [-0.39, 0.29) is 11.8 Å². The fourth-order valence-corrected chi connectivity index (χ4v) is 4.70. The van der Waals surface area contributed by atoms with Gasteiger partial charge in [0.25, 0.3) is 5.71 Å². The normalized spacial score (nSPS) is 19.2. The van der Waals surface area contributed by atoms with Gasteiger partial charge in [0.05, 0.1) is 5.69 Å². The Bertz CT molecular complexity index is 824. The molecule has 0 bridgehead atoms. The lowest BCUT2D eigenvalue weighted by molar-refractivity contribution is -0.125. The van der Waals surface area contributed by atoms with E-state index >= 15 is 0 Å². The van der Waals surface area contributed by atoms with Crippen molar-refractivity contribution in [2.75, 3.05) is 38.1 Å². The van der Waals surface area contributed by atoms with E-state index in [9.17, 15) is 4.79 Å². The zero-order chi connectivity index (χ0) is 20.2. The van der Waals surface area contributed by atoms with Gasteiger partial charge in [-0.3, -0.25) is 4.79 Å². The first-order valence-electron chi connectivity index (χ1n) is 10.9. The smallest absolute Gasteiger partial charge is 0.263 e. The summed E-state index contributed by atoms with van der Waals surface area (Å²) in [6.07, 6.45) is 9.83. The van der Waals surface area contributed by atoms with Gasteiger partial charge in [-0.2, -0.15) is 4.98 Å². The fourth-order valence-electron chi connectivity index (χ4n) is 4.70. The number of nitrogens with zero attached hydrogens (tertiary/aromatic N) is 5. The number of aryl methyl sites for hydroxylation is 1. The van der Waals surface area contributed by atoms with Crippen molar-refractivity contribution in [1.82, 2.24) is 25.3 Å². The van der Waals surface area contributed by atoms with E-state index in [1.165, 1.54) is 38.4 Å². The second-order valence-corrected chi connectivity index (χ2v) is 8.47. The summed E-state index contributed by atoms with van der Waals surface area (Å²) in [5, 5.41) is 8.04. The second kappa shape index (κ2) is 9.07. The van der Waals surface area contributed by atoms with Crippen LogP contribution in [-0.2, 0) is 4.79 Å². The molecule has 1 aliphatic heterocycles. The van der Waals surface area contributed by atoms with Crippen LogP contribution in [0.15, 0.2) is 10.9 Å². The van der Waals surface area contributed by atoms with E-state index in [2.05, 4.69) is 37.3 Å². The Balaban J connectivity index is 1.25. The molecule has 2 aromatic heterocycles. The molecule has 1 N–H and O–H groups in total. The van der Waals surface area contributed by atoms with Crippen LogP contribution in [0.5, 0.6) is 0 Å². The number of rotatable bonds is 6. The number of likely N-dealkylation sites (N-methyl/N-ethyl adjacent to an activating group) is 1. The first-order valence-corrected chi connectivity index (χ1v) is 10.9. The Kier molecular flexibility index (Phi) is 6.28. The van der Waals surface area contributed by atoms with Crippen LogP contribution in [0, 0.1) is 12.8 Å². The molecule has 8 heteroatoms. The first kappa shape index (κ1) is 20.1. The van der Waals surface area contributed by atoms with E-state index in [1.807, 2.05) is 6.92 Å². The van der Waals surface area contributed by atoms with Crippen LogP contribution in [0.25, 0.3) is 11.1 Å². The van der Waals surface area contributed by atoms with Gasteiger partial charge in [0.1, 0.15) is 17.5 Å². The minimum atomic E-state index is 0.0761. The lowest BCUT2D eigenvalue weighted by Gasteiger charge is -2.33. The zero-order valence-corrected chi connectivity index (χ0v) is 17.6. The van der Waals surface area contributed by atoms with Crippen LogP contribution in [0.1, 0.15) is 50.6 Å². The van der Waals surface area contributed by atoms with Crippen molar-refractivity contribution in [2.45, 2.75) is 57.9 Å². The van der Waals surface area contributed by atoms with Gasteiger partial charge in [-0.05, 0) is 39.7 Å². The SMILES string of the molecule is Cc1noc2ncnc(N3CCC(C(=O)NCCN(C)C4CCCCC4)CC3)c12. The van der Waals surface area contributed by atoms with Crippen molar-refractivity contribution in [3.63, 3.8) is 0 Å². The predicted molar refractivity (Wildman–Crippen MR) is 112 cm³/mol. The average molecular weight is 401 g/mol. The molecule has 158 valence electrons. The summed E-state index contributed by atoms with van der Waals surface area (Å²) < 4.78 is 5.25. The van der Waals surface area contributed by atoms with Gasteiger partial charge < -0.3 is 19.6 Å². The maximum absolute atomic E-state index is 12.6. The van der Waals surface area contributed by atoms with Gasteiger partial charge in [0.15, 0.2) is 0 Å². The molecule has 2 aliphatic rings. The molecule has 0 unspecified atom stereocenters. The number of aromatic nitrogens is 3. The molecular weight excluding hydrogens is 368 g/mol. The molecule has 1 aliphatic carbocycles. The van der Waals surface area contributed by atoms with E-state index in [0.29, 0.717) is 11.8 Å². The highest BCUT2D eigenvalue weighted by Crippen LogP contribution is 2.29. The van der Waals surface area contributed by atoms with E-state index in [1.54, 1.807) is 0 Å². The number of anilines is 1. The monoisotopic (exact) mass is 400 g/mol. The van der Waals surface area contributed by atoms with Crippen molar-refractivity contribution in [3.05, 3.63) is 12.0 Å². The average Bonchev–Trinajstić information content (AvgIpc) is 3.15. The van der Waals surface area contributed by atoms with Crippen LogP contribution < -0.4 is 10.2 Å². The van der Waals surface area contributed by atoms with Crippen LogP contribution in [0.3, 0.4) is 0 Å². The molecule has 0 aromatic carbocycles. The van der Waals surface area contributed by atoms with Crippen molar-refractivity contribution < 1.29 is 9.32 Å². The van der Waals surface area contributed by atoms with Crippen LogP contribution in [0.4, 0.5) is 5.82 Å². The number of carbonyl (C=O) groups is 1. The number of fused-ring (bicyclic) bond motifs is 1. The molecule has 29 heavy (non-hydrogen) atoms. The summed E-state index contributed by atoms with van der Waals surface area (Å²) in [4.78, 5) is 25.9. The third kappa shape index (κ3) is 4.52. The van der Waals surface area contributed by atoms with E-state index in [0.717, 1.165) is 55.9 Å². The third-order valence-corrected chi connectivity index (χ3v) is 6.55. The zero-order valence-electron chi connectivity index (χ0n) is 17.6. The molecule has 2 aromatic rings. The molecule has 8 nitrogen and oxygen atoms in total. The summed E-state index contributed by atoms with van der Waals surface area (Å²) in [5.41, 5.74) is 1.33. The number of amides is 1. The Morgan fingerprint density at radius 2 is 1.97 bits per heavy atom. The van der Waals surface area contributed by atoms with Crippen LogP contribution in [0.2, 0.25) is 0 Å². The van der Waals surface area contributed by atoms with Gasteiger partial charge in [-0.1, -0.05) is 24.4 Å². The molecule has 1 amide bonds. The molecule has 2 fully saturated rings. The largest absolute Gasteiger partial charge is 0.356 e. The highest BCUT2D eigenvalue weighted by atomic mass is 16.5. The highest BCUT2D eigenvalue weighted by molar-refractivity contribution is 5.88. The molecule has 1 saturated heterocycles. The Morgan fingerprint density at radius 1 is 1.21 bits per heavy atom. The van der Waals surface area contributed by atoms with Gasteiger partial charge in [-0.25, -0.2) is 4.98 Å². The number of piperidine rings is 1. The summed E-state index contributed by atoms with van der Waals surface area (Å²) in [6, 6.07) is 0.689. The third-order valence-electron chi connectivity index (χ3n) is 6.55. The topological polar surface area (TPSA) is 87.4 Å². The number of hydrogen-bond donors (Lipinski definition) is 1. The van der Waals surface area contributed by atoms with Crippen molar-refractivity contribution in [3.8, 4) is 0 Å². The van der Waals surface area contributed by atoms with Gasteiger partial charge >= 0.3 is 0 Å². The molecule has 0 atom stereocenters. The highest BCUT2D eigenvalue weighted by Gasteiger charge is 2.27. The maximum atomic E-state index is 12.6. The quantitative estimate of drug-likeness (QED) is 0.797. The molecule has 0 radical (unpaired) electrons. The molecular formula is C21H32N6O2. The Morgan fingerprint density at radius 3 is 2.72 bits per heavy atom. The summed E-state index contributed by atoms with van der Waals surface area (Å²) in [7, 11) is 2.19. The van der Waals surface area contributed by atoms with Gasteiger partial charge in [0, 0.05) is 38.1 Å². The molecule has 0 spiro atoms. The minimum absolute atomic E-state index is 0.0761. The molecule has 1 saturated carbocycles. The number of hydrogen-bond acceptors (Lipinski definition) is 7. The number of nitrogens with one attached hydrogen (secondary N) is 1. The molecule has 4 rings (SSSR count). The van der Waals surface area contributed by atoms with Gasteiger partial charge in [0.2, 0.25) is 5.91 Å². The Hall–Kier alpha value is -2.22. The maximum Gasteiger partial charge on any atom is 0.263 e. The fraction of sp³-hybridized carbons (Fsp3) is 0.714. The van der Waals surface area contributed by atoms with Crippen molar-refractivity contribution in [2.24, 2.45) is 5.92 Å². The minimum Gasteiger partial charge on any atom is -0.356 e. The van der Waals surface area contributed by atoms with E-state index < -0.39 is 0 Å². The summed E-state index contributed by atoms with van der Waals surface area (Å²) in [5.74, 6) is 1.13. The standard InChI is InChI=1S/C21H32N6O2/c1-15-18-19(23-14-24-21(18)29-25-15)27-11-8-16(9-12-27)20(28)22-10-13-26(2)17-6-4-3-5-7-17/h14,16-17H,3-13H2,1-2H3,(H,22,28). The van der Waals surface area contributed by atoms with Crippen molar-refractivity contribution >= 4 is 22.8 Å². The van der Waals surface area contributed by atoms with Crippen molar-refractivity contribution in [1.29, 1.82) is 0 Å². The van der Waals surface area contributed by atoms with Gasteiger partial charge in [-0.15, -0.1) is 0 Å². The van der Waals surface area contributed by atoms with Crippen LogP contribution in [-0.4, -0.2) is 65.2 Å². The van der Waals surface area contributed by atoms with E-state index in [4.69, 9.17) is 4.52 Å². The molecule has 3 heterocycles. The lowest BCUT2D eigenvalue weighted by atomic mass is 9.94. The van der Waals surface area contributed by atoms with Crippen LogP contribution >= 0.6 is 0 Å². The predicted octanol–water partition coefficient (Wildman–Crippen LogP) is 2.52. The lowest BCUT2D eigenvalue weighted by Crippen LogP contribution is -2.44. The summed E-state index contributed by atoms with van der Waals surface area (Å²) >= 11 is 0. The first-order chi connectivity index (χ1) is 14.1.